The van der Waals surface area contributed by atoms with Gasteiger partial charge in [0.2, 0.25) is 10.0 Å². The van der Waals surface area contributed by atoms with Crippen molar-refractivity contribution in [3.63, 3.8) is 0 Å². The molecule has 0 radical (unpaired) electrons. The molecule has 9 heteroatoms. The van der Waals surface area contributed by atoms with E-state index in [1.165, 1.54) is 31.2 Å². The van der Waals surface area contributed by atoms with E-state index in [2.05, 4.69) is 26.0 Å². The lowest BCUT2D eigenvalue weighted by atomic mass is 9.88. The minimum absolute atomic E-state index is 0.100. The normalized spacial score (nSPS) is 18.7. The van der Waals surface area contributed by atoms with E-state index < -0.39 is 33.7 Å². The molecule has 27 heavy (non-hydrogen) atoms. The Bertz CT molecular complexity index is 1040. The molecule has 0 aliphatic carbocycles. The van der Waals surface area contributed by atoms with Crippen molar-refractivity contribution in [1.29, 1.82) is 0 Å². The fraction of sp³-hybridized carbons (Fsp3) is 0.222. The number of nitrogens with one attached hydrogen (secondary N) is 2. The maximum Gasteiger partial charge on any atom is 0.261 e. The summed E-state index contributed by atoms with van der Waals surface area (Å²) in [6, 6.07) is 10.9. The highest BCUT2D eigenvalue weighted by atomic mass is 79.9. The number of Topliss-reactive ketones (excluding diaryl/α,β-unsaturated/α-hetero) is 1. The largest absolute Gasteiger partial charge is 0.375 e. The number of halogens is 1. The number of fused-ring (bicyclic) bond motifs is 1. The maximum absolute atomic E-state index is 12.7. The SMILES string of the molecule is CCS(=O)(=O)Nc1cccc(C(=O)C[C@]2(O)C(=O)Nc3ccc(Br)cc32)c1. The van der Waals surface area contributed by atoms with Gasteiger partial charge in [0.25, 0.3) is 5.91 Å². The zero-order valence-corrected chi connectivity index (χ0v) is 16.7. The Labute approximate surface area is 165 Å². The van der Waals surface area contributed by atoms with Gasteiger partial charge >= 0.3 is 0 Å². The number of aliphatic hydroxyl groups is 1. The van der Waals surface area contributed by atoms with Crippen LogP contribution in [0.25, 0.3) is 0 Å². The van der Waals surface area contributed by atoms with Gasteiger partial charge in [0.1, 0.15) is 0 Å². The van der Waals surface area contributed by atoms with E-state index in [-0.39, 0.29) is 17.0 Å². The Morgan fingerprint density at radius 1 is 1.26 bits per heavy atom. The summed E-state index contributed by atoms with van der Waals surface area (Å²) in [4.78, 5) is 25.0. The van der Waals surface area contributed by atoms with Crippen molar-refractivity contribution < 1.29 is 23.1 Å². The predicted molar refractivity (Wildman–Crippen MR) is 105 cm³/mol. The Morgan fingerprint density at radius 3 is 2.70 bits per heavy atom. The van der Waals surface area contributed by atoms with Crippen LogP contribution in [0.15, 0.2) is 46.9 Å². The van der Waals surface area contributed by atoms with Crippen molar-refractivity contribution in [3.8, 4) is 0 Å². The van der Waals surface area contributed by atoms with Crippen LogP contribution in [0, 0.1) is 0 Å². The first-order valence-electron chi connectivity index (χ1n) is 8.12. The molecular weight excluding hydrogens is 436 g/mol. The van der Waals surface area contributed by atoms with Gasteiger partial charge in [0.05, 0.1) is 12.2 Å². The van der Waals surface area contributed by atoms with Gasteiger partial charge in [0.15, 0.2) is 11.4 Å². The quantitative estimate of drug-likeness (QED) is 0.583. The van der Waals surface area contributed by atoms with Crippen LogP contribution in [0.3, 0.4) is 0 Å². The maximum atomic E-state index is 12.7. The lowest BCUT2D eigenvalue weighted by Gasteiger charge is -2.20. The molecule has 0 spiro atoms. The molecule has 2 aromatic carbocycles. The van der Waals surface area contributed by atoms with E-state index >= 15 is 0 Å². The zero-order chi connectivity index (χ0) is 19.8. The van der Waals surface area contributed by atoms with Gasteiger partial charge < -0.3 is 10.4 Å². The van der Waals surface area contributed by atoms with Crippen molar-refractivity contribution in [2.75, 3.05) is 15.8 Å². The van der Waals surface area contributed by atoms with Crippen LogP contribution in [0.5, 0.6) is 0 Å². The van der Waals surface area contributed by atoms with E-state index in [0.717, 1.165) is 0 Å². The van der Waals surface area contributed by atoms with Gasteiger partial charge in [-0.05, 0) is 37.3 Å². The number of amides is 1. The lowest BCUT2D eigenvalue weighted by molar-refractivity contribution is -0.133. The number of sulfonamides is 1. The second kappa shape index (κ2) is 7.06. The summed E-state index contributed by atoms with van der Waals surface area (Å²) in [6.45, 7) is 1.50. The van der Waals surface area contributed by atoms with E-state index in [9.17, 15) is 23.1 Å². The van der Waals surface area contributed by atoms with Crippen LogP contribution in [0.1, 0.15) is 29.3 Å². The summed E-state index contributed by atoms with van der Waals surface area (Å²) in [7, 11) is -3.48. The van der Waals surface area contributed by atoms with Gasteiger partial charge in [-0.15, -0.1) is 0 Å². The predicted octanol–water partition coefficient (Wildman–Crippen LogP) is 2.62. The van der Waals surface area contributed by atoms with Crippen molar-refractivity contribution >= 4 is 49.0 Å². The second-order valence-corrected chi connectivity index (χ2v) is 9.12. The zero-order valence-electron chi connectivity index (χ0n) is 14.3. The van der Waals surface area contributed by atoms with Gasteiger partial charge in [-0.2, -0.15) is 0 Å². The lowest BCUT2D eigenvalue weighted by Crippen LogP contribution is -2.36. The summed E-state index contributed by atoms with van der Waals surface area (Å²) in [5.41, 5.74) is -0.791. The average Bonchev–Trinajstić information content (AvgIpc) is 2.85. The minimum atomic E-state index is -3.48. The van der Waals surface area contributed by atoms with Gasteiger partial charge in [-0.3, -0.25) is 14.3 Å². The molecule has 3 rings (SSSR count). The van der Waals surface area contributed by atoms with E-state index in [1.54, 1.807) is 18.2 Å². The molecule has 1 aliphatic heterocycles. The number of hydrogen-bond donors (Lipinski definition) is 3. The highest BCUT2D eigenvalue weighted by Gasteiger charge is 2.46. The molecule has 0 bridgehead atoms. The van der Waals surface area contributed by atoms with E-state index in [0.29, 0.717) is 15.7 Å². The fourth-order valence-corrected chi connectivity index (χ4v) is 3.82. The molecule has 2 aromatic rings. The van der Waals surface area contributed by atoms with Crippen LogP contribution in [0.2, 0.25) is 0 Å². The first-order chi connectivity index (χ1) is 12.6. The summed E-state index contributed by atoms with van der Waals surface area (Å²) in [6.07, 6.45) is -0.466. The molecule has 1 aliphatic rings. The summed E-state index contributed by atoms with van der Waals surface area (Å²) >= 11 is 3.29. The summed E-state index contributed by atoms with van der Waals surface area (Å²) in [5.74, 6) is -1.26. The second-order valence-electron chi connectivity index (χ2n) is 6.19. The molecule has 1 amide bonds. The molecule has 0 saturated heterocycles. The monoisotopic (exact) mass is 452 g/mol. The third-order valence-corrected chi connectivity index (χ3v) is 6.11. The standard InChI is InChI=1S/C18H17BrN2O5S/c1-2-27(25,26)21-13-5-3-4-11(8-13)16(22)10-18(24)14-9-12(19)6-7-15(14)20-17(18)23/h3-9,21,24H,2,10H2,1H3,(H,20,23)/t18-/m1/s1. The summed E-state index contributed by atoms with van der Waals surface area (Å²) in [5, 5.41) is 13.5. The van der Waals surface area contributed by atoms with Gasteiger partial charge in [-0.25, -0.2) is 8.42 Å². The van der Waals surface area contributed by atoms with Crippen LogP contribution in [0.4, 0.5) is 11.4 Å². The molecule has 0 aromatic heterocycles. The van der Waals surface area contributed by atoms with Gasteiger partial charge in [0, 0.05) is 27.0 Å². The molecule has 142 valence electrons. The highest BCUT2D eigenvalue weighted by Crippen LogP contribution is 2.40. The Hall–Kier alpha value is -2.23. The van der Waals surface area contributed by atoms with Crippen molar-refractivity contribution in [1.82, 2.24) is 0 Å². The number of carbonyl (C=O) groups excluding carboxylic acids is 2. The van der Waals surface area contributed by atoms with E-state index in [4.69, 9.17) is 0 Å². The number of anilines is 2. The molecule has 0 fully saturated rings. The van der Waals surface area contributed by atoms with Crippen LogP contribution in [-0.4, -0.2) is 31.0 Å². The number of rotatable bonds is 6. The smallest absolute Gasteiger partial charge is 0.261 e. The molecule has 1 heterocycles. The summed E-state index contributed by atoms with van der Waals surface area (Å²) < 4.78 is 26.4. The topological polar surface area (TPSA) is 113 Å². The molecule has 1 atom stereocenters. The molecule has 0 saturated carbocycles. The van der Waals surface area contributed by atoms with Gasteiger partial charge in [-0.1, -0.05) is 28.1 Å². The molecule has 7 nitrogen and oxygen atoms in total. The Balaban J connectivity index is 1.88. The van der Waals surface area contributed by atoms with Crippen molar-refractivity contribution in [2.24, 2.45) is 0 Å². The van der Waals surface area contributed by atoms with Crippen molar-refractivity contribution in [3.05, 3.63) is 58.1 Å². The van der Waals surface area contributed by atoms with Crippen LogP contribution < -0.4 is 10.0 Å². The number of ketones is 1. The third-order valence-electron chi connectivity index (χ3n) is 4.31. The minimum Gasteiger partial charge on any atom is -0.375 e. The number of hydrogen-bond acceptors (Lipinski definition) is 5. The fourth-order valence-electron chi connectivity index (χ4n) is 2.83. The number of benzene rings is 2. The highest BCUT2D eigenvalue weighted by molar-refractivity contribution is 9.10. The van der Waals surface area contributed by atoms with Crippen LogP contribution in [-0.2, 0) is 20.4 Å². The average molecular weight is 453 g/mol. The first-order valence-corrected chi connectivity index (χ1v) is 10.6. The third kappa shape index (κ3) is 3.90. The Morgan fingerprint density at radius 2 is 2.00 bits per heavy atom. The Kier molecular flexibility index (Phi) is 5.11. The van der Waals surface area contributed by atoms with E-state index in [1.807, 2.05) is 0 Å². The van der Waals surface area contributed by atoms with Crippen molar-refractivity contribution in [2.45, 2.75) is 18.9 Å². The van der Waals surface area contributed by atoms with Crippen LogP contribution >= 0.6 is 15.9 Å². The molecule has 0 unspecified atom stereocenters. The number of carbonyl (C=O) groups is 2. The first kappa shape index (κ1) is 19.5. The molecule has 3 N–H and O–H groups in total. The molecular formula is C18H17BrN2O5S.